The summed E-state index contributed by atoms with van der Waals surface area (Å²) in [5, 5.41) is 2.82. The molecule has 0 radical (unpaired) electrons. The molecule has 1 heterocycles. The van der Waals surface area contributed by atoms with Gasteiger partial charge in [-0.25, -0.2) is 4.98 Å². The van der Waals surface area contributed by atoms with Gasteiger partial charge in [0.05, 0.1) is 0 Å². The number of nitrogen functional groups attached to an aromatic ring is 1. The van der Waals surface area contributed by atoms with Crippen molar-refractivity contribution in [2.75, 3.05) is 12.3 Å². The van der Waals surface area contributed by atoms with Crippen molar-refractivity contribution < 1.29 is 4.79 Å². The van der Waals surface area contributed by atoms with Gasteiger partial charge in [-0.2, -0.15) is 0 Å². The highest BCUT2D eigenvalue weighted by Crippen LogP contribution is 2.34. The fourth-order valence-electron chi connectivity index (χ4n) is 2.25. The number of fused-ring (bicyclic) bond motifs is 1. The van der Waals surface area contributed by atoms with Crippen LogP contribution in [0, 0.1) is 0 Å². The normalized spacial score (nSPS) is 18.2. The fraction of sp³-hybridized carbons (Fsp3) is 0.500. The van der Waals surface area contributed by atoms with Gasteiger partial charge in [0.25, 0.3) is 0 Å². The number of hydrogen-bond donors (Lipinski definition) is 2. The summed E-state index contributed by atoms with van der Waals surface area (Å²) in [7, 11) is 0. The summed E-state index contributed by atoms with van der Waals surface area (Å²) < 4.78 is 0. The first-order valence-corrected chi connectivity index (χ1v) is 5.66. The third-order valence-electron chi connectivity index (χ3n) is 3.05. The van der Waals surface area contributed by atoms with E-state index < -0.39 is 0 Å². The van der Waals surface area contributed by atoms with E-state index in [-0.39, 0.29) is 5.91 Å². The number of rotatable bonds is 3. The van der Waals surface area contributed by atoms with Crippen LogP contribution in [0.3, 0.4) is 0 Å². The Balaban J connectivity index is 2.00. The van der Waals surface area contributed by atoms with E-state index in [1.165, 1.54) is 5.56 Å². The Labute approximate surface area is 95.3 Å². The molecular weight excluding hydrogens is 202 g/mol. The number of carbonyl (C=O) groups is 1. The Hall–Kier alpha value is -1.58. The maximum absolute atomic E-state index is 10.8. The zero-order valence-corrected chi connectivity index (χ0v) is 9.49. The van der Waals surface area contributed by atoms with E-state index in [2.05, 4.69) is 16.4 Å². The Bertz CT molecular complexity index is 403. The lowest BCUT2D eigenvalue weighted by molar-refractivity contribution is -0.118. The molecule has 1 unspecified atom stereocenters. The van der Waals surface area contributed by atoms with Gasteiger partial charge in [0, 0.05) is 25.1 Å². The fourth-order valence-corrected chi connectivity index (χ4v) is 2.25. The molecule has 4 nitrogen and oxygen atoms in total. The van der Waals surface area contributed by atoms with Gasteiger partial charge in [0.2, 0.25) is 5.91 Å². The second kappa shape index (κ2) is 4.51. The van der Waals surface area contributed by atoms with Crippen molar-refractivity contribution in [1.82, 2.24) is 10.3 Å². The van der Waals surface area contributed by atoms with E-state index in [0.29, 0.717) is 11.7 Å². The van der Waals surface area contributed by atoms with Crippen molar-refractivity contribution in [3.05, 3.63) is 23.4 Å². The molecule has 1 aromatic rings. The highest BCUT2D eigenvalue weighted by atomic mass is 16.1. The number of aromatic nitrogens is 1. The molecule has 1 amide bonds. The van der Waals surface area contributed by atoms with Crippen LogP contribution >= 0.6 is 0 Å². The van der Waals surface area contributed by atoms with Gasteiger partial charge in [-0.15, -0.1) is 0 Å². The Morgan fingerprint density at radius 2 is 2.44 bits per heavy atom. The lowest BCUT2D eigenvalue weighted by atomic mass is 10.0. The molecule has 16 heavy (non-hydrogen) atoms. The molecule has 1 aliphatic carbocycles. The third-order valence-corrected chi connectivity index (χ3v) is 3.05. The molecule has 2 rings (SSSR count). The summed E-state index contributed by atoms with van der Waals surface area (Å²) in [5.41, 5.74) is 8.13. The second-order valence-corrected chi connectivity index (χ2v) is 4.29. The van der Waals surface area contributed by atoms with E-state index in [1.807, 2.05) is 6.07 Å². The number of nitrogens with zero attached hydrogens (tertiary/aromatic N) is 1. The van der Waals surface area contributed by atoms with Gasteiger partial charge in [0.1, 0.15) is 5.82 Å². The average molecular weight is 219 g/mol. The van der Waals surface area contributed by atoms with Crippen LogP contribution in [0.4, 0.5) is 5.82 Å². The average Bonchev–Trinajstić information content (AvgIpc) is 2.60. The first kappa shape index (κ1) is 10.9. The molecule has 1 atom stereocenters. The van der Waals surface area contributed by atoms with Crippen LogP contribution in [0.5, 0.6) is 0 Å². The molecule has 0 spiro atoms. The molecule has 3 N–H and O–H groups in total. The minimum absolute atomic E-state index is 0.0266. The number of carbonyl (C=O) groups excluding carboxylic acids is 1. The summed E-state index contributed by atoms with van der Waals surface area (Å²) >= 11 is 0. The van der Waals surface area contributed by atoms with Gasteiger partial charge < -0.3 is 11.1 Å². The van der Waals surface area contributed by atoms with E-state index in [9.17, 15) is 4.79 Å². The Morgan fingerprint density at radius 3 is 3.19 bits per heavy atom. The first-order chi connectivity index (χ1) is 7.66. The van der Waals surface area contributed by atoms with Crippen LogP contribution in [-0.2, 0) is 11.2 Å². The van der Waals surface area contributed by atoms with Gasteiger partial charge in [0.15, 0.2) is 0 Å². The van der Waals surface area contributed by atoms with Crippen LogP contribution < -0.4 is 11.1 Å². The van der Waals surface area contributed by atoms with E-state index in [0.717, 1.165) is 31.5 Å². The lowest BCUT2D eigenvalue weighted by Crippen LogP contribution is -2.22. The van der Waals surface area contributed by atoms with Crippen LogP contribution in [0.1, 0.15) is 36.9 Å². The molecule has 86 valence electrons. The van der Waals surface area contributed by atoms with Crippen molar-refractivity contribution in [2.24, 2.45) is 0 Å². The summed E-state index contributed by atoms with van der Waals surface area (Å²) in [6.07, 6.45) is 3.14. The Morgan fingerprint density at radius 1 is 1.62 bits per heavy atom. The third kappa shape index (κ3) is 2.32. The molecule has 1 aliphatic rings. The summed E-state index contributed by atoms with van der Waals surface area (Å²) in [6.45, 7) is 2.26. The molecule has 0 saturated carbocycles. The number of anilines is 1. The molecule has 0 aliphatic heterocycles. The van der Waals surface area contributed by atoms with E-state index >= 15 is 0 Å². The standard InChI is InChI=1S/C12H17N3O/c1-8(16)14-7-6-10-3-2-9-4-5-11(13)15-12(9)10/h4-5,10H,2-3,6-7H2,1H3,(H2,13,15)(H,14,16). The number of amides is 1. The molecule has 0 aromatic carbocycles. The van der Waals surface area contributed by atoms with Crippen LogP contribution in [0.15, 0.2) is 12.1 Å². The zero-order chi connectivity index (χ0) is 11.5. The molecule has 0 saturated heterocycles. The molecule has 0 bridgehead atoms. The maximum Gasteiger partial charge on any atom is 0.216 e. The smallest absolute Gasteiger partial charge is 0.216 e. The van der Waals surface area contributed by atoms with Gasteiger partial charge in [-0.3, -0.25) is 4.79 Å². The summed E-state index contributed by atoms with van der Waals surface area (Å²) in [4.78, 5) is 15.2. The van der Waals surface area contributed by atoms with E-state index in [4.69, 9.17) is 5.73 Å². The predicted octanol–water partition coefficient (Wildman–Crippen LogP) is 1.22. The monoisotopic (exact) mass is 219 g/mol. The van der Waals surface area contributed by atoms with Crippen molar-refractivity contribution in [2.45, 2.75) is 32.1 Å². The van der Waals surface area contributed by atoms with Crippen molar-refractivity contribution in [3.63, 3.8) is 0 Å². The number of nitrogens with two attached hydrogens (primary N) is 1. The van der Waals surface area contributed by atoms with Crippen molar-refractivity contribution in [3.8, 4) is 0 Å². The highest BCUT2D eigenvalue weighted by molar-refractivity contribution is 5.72. The van der Waals surface area contributed by atoms with Crippen LogP contribution in [0.25, 0.3) is 0 Å². The second-order valence-electron chi connectivity index (χ2n) is 4.29. The summed E-state index contributed by atoms with van der Waals surface area (Å²) in [6, 6.07) is 3.92. The number of aryl methyl sites for hydroxylation is 1. The van der Waals surface area contributed by atoms with Crippen molar-refractivity contribution in [1.29, 1.82) is 0 Å². The SMILES string of the molecule is CC(=O)NCCC1CCc2ccc(N)nc21. The largest absolute Gasteiger partial charge is 0.384 e. The lowest BCUT2D eigenvalue weighted by Gasteiger charge is -2.11. The van der Waals surface area contributed by atoms with Crippen LogP contribution in [-0.4, -0.2) is 17.4 Å². The van der Waals surface area contributed by atoms with Crippen LogP contribution in [0.2, 0.25) is 0 Å². The maximum atomic E-state index is 10.8. The molecule has 4 heteroatoms. The number of hydrogen-bond acceptors (Lipinski definition) is 3. The molecule has 1 aromatic heterocycles. The molecular formula is C12H17N3O. The number of pyridine rings is 1. The minimum atomic E-state index is 0.0266. The summed E-state index contributed by atoms with van der Waals surface area (Å²) in [5.74, 6) is 1.06. The van der Waals surface area contributed by atoms with Gasteiger partial charge >= 0.3 is 0 Å². The highest BCUT2D eigenvalue weighted by Gasteiger charge is 2.23. The zero-order valence-electron chi connectivity index (χ0n) is 9.49. The van der Waals surface area contributed by atoms with Crippen molar-refractivity contribution >= 4 is 11.7 Å². The topological polar surface area (TPSA) is 68.0 Å². The Kier molecular flexibility index (Phi) is 3.08. The first-order valence-electron chi connectivity index (χ1n) is 5.66. The molecule has 0 fully saturated rings. The quantitative estimate of drug-likeness (QED) is 0.803. The number of nitrogens with one attached hydrogen (secondary N) is 1. The predicted molar refractivity (Wildman–Crippen MR) is 63.0 cm³/mol. The minimum Gasteiger partial charge on any atom is -0.384 e. The van der Waals surface area contributed by atoms with Gasteiger partial charge in [-0.1, -0.05) is 6.07 Å². The van der Waals surface area contributed by atoms with E-state index in [1.54, 1.807) is 6.92 Å². The van der Waals surface area contributed by atoms with Gasteiger partial charge in [-0.05, 0) is 30.9 Å².